The van der Waals surface area contributed by atoms with Gasteiger partial charge in [0.2, 0.25) is 0 Å². The molecule has 2 unspecified atom stereocenters. The van der Waals surface area contributed by atoms with Crippen molar-refractivity contribution in [1.29, 1.82) is 0 Å². The molecule has 2 saturated heterocycles. The van der Waals surface area contributed by atoms with E-state index < -0.39 is 0 Å². The van der Waals surface area contributed by atoms with Gasteiger partial charge in [0, 0.05) is 18.8 Å². The second-order valence-corrected chi connectivity index (χ2v) is 6.00. The monoisotopic (exact) mass is 284 g/mol. The minimum absolute atomic E-state index is 0.0295. The first-order valence-corrected chi connectivity index (χ1v) is 7.75. The molecular formula is C17H24N4. The minimum atomic E-state index is 0.0295. The summed E-state index contributed by atoms with van der Waals surface area (Å²) in [4.78, 5) is 6.40. The molecule has 4 nitrogen and oxygen atoms in total. The first kappa shape index (κ1) is 14.1. The fourth-order valence-electron chi connectivity index (χ4n) is 3.58. The predicted molar refractivity (Wildman–Crippen MR) is 87.6 cm³/mol. The van der Waals surface area contributed by atoms with Crippen LogP contribution >= 0.6 is 0 Å². The number of hydrogen-bond acceptors (Lipinski definition) is 4. The van der Waals surface area contributed by atoms with Crippen LogP contribution in [0.2, 0.25) is 0 Å². The van der Waals surface area contributed by atoms with Gasteiger partial charge in [0.15, 0.2) is 0 Å². The number of likely N-dealkylation sites (N-methyl/N-ethyl adjacent to an activating group) is 1. The molecule has 0 amide bonds. The molecule has 4 rings (SSSR count). The molecule has 3 heterocycles. The third-order valence-electron chi connectivity index (χ3n) is 4.59. The first-order chi connectivity index (χ1) is 10.2. The van der Waals surface area contributed by atoms with Gasteiger partial charge in [-0.25, -0.2) is 0 Å². The van der Waals surface area contributed by atoms with Crippen LogP contribution in [0.5, 0.6) is 0 Å². The Morgan fingerprint density at radius 1 is 1.57 bits per heavy atom. The summed E-state index contributed by atoms with van der Waals surface area (Å²) < 4.78 is 0. The summed E-state index contributed by atoms with van der Waals surface area (Å²) in [7, 11) is 0. The smallest absolute Gasteiger partial charge is 0.108 e. The Balaban J connectivity index is 1.79. The van der Waals surface area contributed by atoms with Gasteiger partial charge < -0.3 is 10.2 Å². The normalized spacial score (nSPS) is 32.4. The molecule has 2 N–H and O–H groups in total. The molecule has 3 fully saturated rings. The molecule has 0 aromatic carbocycles. The third-order valence-corrected chi connectivity index (χ3v) is 4.59. The van der Waals surface area contributed by atoms with Gasteiger partial charge in [-0.2, -0.15) is 0 Å². The highest BCUT2D eigenvalue weighted by molar-refractivity contribution is 5.45. The van der Waals surface area contributed by atoms with E-state index in [-0.39, 0.29) is 5.66 Å². The largest absolute Gasteiger partial charge is 0.366 e. The lowest BCUT2D eigenvalue weighted by molar-refractivity contribution is 0.0491. The summed E-state index contributed by atoms with van der Waals surface area (Å²) in [5, 5.41) is 7.20. The van der Waals surface area contributed by atoms with Crippen LogP contribution in [0.15, 0.2) is 53.1 Å². The van der Waals surface area contributed by atoms with Crippen LogP contribution in [0.1, 0.15) is 32.6 Å². The standard InChI is InChI=1S/C17H24N4/c1-4-21-11-6-5-9-15(21)16(18-3)13(2)19-17-10-7-8-14(12-17)20-17/h5-6,9,11,14,19-20H,2-4,7-8,10,12H2,1H3/b16-15-. The number of fused-ring (bicyclic) bond motifs is 2. The molecule has 2 atom stereocenters. The fraction of sp³-hybridized carbons (Fsp3) is 0.471. The number of nitrogens with one attached hydrogen (secondary N) is 2. The van der Waals surface area contributed by atoms with Crippen LogP contribution in [0.25, 0.3) is 0 Å². The van der Waals surface area contributed by atoms with E-state index in [4.69, 9.17) is 0 Å². The Morgan fingerprint density at radius 2 is 2.38 bits per heavy atom. The molecule has 21 heavy (non-hydrogen) atoms. The Labute approximate surface area is 127 Å². The zero-order valence-corrected chi connectivity index (χ0v) is 12.7. The van der Waals surface area contributed by atoms with Crippen LogP contribution < -0.4 is 10.6 Å². The van der Waals surface area contributed by atoms with E-state index in [0.29, 0.717) is 6.04 Å². The average Bonchev–Trinajstić information content (AvgIpc) is 2.48. The Morgan fingerprint density at radius 3 is 3.00 bits per heavy atom. The molecule has 2 bridgehead atoms. The van der Waals surface area contributed by atoms with Gasteiger partial charge in [0.1, 0.15) is 5.70 Å². The van der Waals surface area contributed by atoms with E-state index in [0.717, 1.165) is 30.1 Å². The molecule has 4 aliphatic rings. The molecule has 3 aliphatic heterocycles. The lowest BCUT2D eigenvalue weighted by Crippen LogP contribution is -2.72. The van der Waals surface area contributed by atoms with Crippen LogP contribution in [0, 0.1) is 0 Å². The highest BCUT2D eigenvalue weighted by Gasteiger charge is 2.46. The molecule has 4 heteroatoms. The van der Waals surface area contributed by atoms with Crippen molar-refractivity contribution < 1.29 is 0 Å². The predicted octanol–water partition coefficient (Wildman–Crippen LogP) is 2.65. The summed E-state index contributed by atoms with van der Waals surface area (Å²) >= 11 is 0. The molecule has 112 valence electrons. The van der Waals surface area contributed by atoms with Crippen LogP contribution in [0.4, 0.5) is 0 Å². The maximum atomic E-state index is 4.24. The number of aliphatic imine (C=N–C) groups is 1. The Kier molecular flexibility index (Phi) is 3.72. The van der Waals surface area contributed by atoms with E-state index in [1.54, 1.807) is 0 Å². The molecule has 0 aromatic heterocycles. The molecule has 0 spiro atoms. The van der Waals surface area contributed by atoms with Gasteiger partial charge in [0.05, 0.1) is 17.1 Å². The van der Waals surface area contributed by atoms with Gasteiger partial charge in [-0.3, -0.25) is 10.3 Å². The summed E-state index contributed by atoms with van der Waals surface area (Å²) in [6.07, 6.45) is 13.1. The van der Waals surface area contributed by atoms with E-state index in [9.17, 15) is 0 Å². The van der Waals surface area contributed by atoms with Gasteiger partial charge in [0.25, 0.3) is 0 Å². The fourth-order valence-corrected chi connectivity index (χ4v) is 3.58. The number of rotatable bonds is 5. The lowest BCUT2D eigenvalue weighted by atomic mass is 9.76. The van der Waals surface area contributed by atoms with Crippen LogP contribution in [0.3, 0.4) is 0 Å². The zero-order chi connectivity index (χ0) is 14.9. The van der Waals surface area contributed by atoms with Crippen molar-refractivity contribution in [3.05, 3.63) is 48.1 Å². The van der Waals surface area contributed by atoms with Gasteiger partial charge >= 0.3 is 0 Å². The van der Waals surface area contributed by atoms with Crippen molar-refractivity contribution in [3.8, 4) is 0 Å². The van der Waals surface area contributed by atoms with Crippen molar-refractivity contribution in [2.24, 2.45) is 4.99 Å². The van der Waals surface area contributed by atoms with Crippen LogP contribution in [-0.2, 0) is 0 Å². The number of piperidine rings is 1. The topological polar surface area (TPSA) is 39.7 Å². The highest BCUT2D eigenvalue weighted by Crippen LogP contribution is 2.37. The van der Waals surface area contributed by atoms with E-state index in [2.05, 4.69) is 53.0 Å². The first-order valence-electron chi connectivity index (χ1n) is 7.75. The second-order valence-electron chi connectivity index (χ2n) is 6.00. The maximum Gasteiger partial charge on any atom is 0.108 e. The van der Waals surface area contributed by atoms with Gasteiger partial charge in [-0.05, 0) is 51.5 Å². The van der Waals surface area contributed by atoms with Crippen molar-refractivity contribution in [2.75, 3.05) is 6.54 Å². The second kappa shape index (κ2) is 5.53. The molecule has 0 radical (unpaired) electrons. The van der Waals surface area contributed by atoms with Gasteiger partial charge in [-0.1, -0.05) is 12.7 Å². The summed E-state index contributed by atoms with van der Waals surface area (Å²) in [5.74, 6) is 0. The van der Waals surface area contributed by atoms with Crippen molar-refractivity contribution in [2.45, 2.75) is 44.3 Å². The van der Waals surface area contributed by atoms with Crippen molar-refractivity contribution in [3.63, 3.8) is 0 Å². The van der Waals surface area contributed by atoms with Crippen molar-refractivity contribution in [1.82, 2.24) is 15.5 Å². The Bertz CT molecular complexity index is 529. The van der Waals surface area contributed by atoms with E-state index >= 15 is 0 Å². The average molecular weight is 284 g/mol. The van der Waals surface area contributed by atoms with E-state index in [1.807, 2.05) is 12.2 Å². The van der Waals surface area contributed by atoms with Crippen molar-refractivity contribution >= 4 is 6.72 Å². The molecular weight excluding hydrogens is 260 g/mol. The summed E-state index contributed by atoms with van der Waals surface area (Å²) in [6.45, 7) is 11.0. The quantitative estimate of drug-likeness (QED) is 0.762. The number of hydrogen-bond donors (Lipinski definition) is 2. The maximum absolute atomic E-state index is 4.24. The molecule has 0 aromatic rings. The molecule has 1 saturated carbocycles. The molecule has 1 aliphatic carbocycles. The third kappa shape index (κ3) is 2.56. The SMILES string of the molecule is C=N/C(C(=C)NC12CCCC(C1)N2)=C1/C=CC=CN1CC. The minimum Gasteiger partial charge on any atom is -0.366 e. The number of nitrogens with zero attached hydrogens (tertiary/aromatic N) is 2. The summed E-state index contributed by atoms with van der Waals surface area (Å²) in [6, 6.07) is 0.677. The lowest BCUT2D eigenvalue weighted by Gasteiger charge is -2.54. The van der Waals surface area contributed by atoms with Gasteiger partial charge in [-0.15, -0.1) is 0 Å². The van der Waals surface area contributed by atoms with E-state index in [1.165, 1.54) is 19.3 Å². The highest BCUT2D eigenvalue weighted by atomic mass is 15.3. The summed E-state index contributed by atoms with van der Waals surface area (Å²) in [5.41, 5.74) is 2.77. The number of allylic oxidation sites excluding steroid dienone is 3. The van der Waals surface area contributed by atoms with Crippen LogP contribution in [-0.4, -0.2) is 29.9 Å². The Hall–Kier alpha value is -1.81. The zero-order valence-electron chi connectivity index (χ0n) is 12.7.